The van der Waals surface area contributed by atoms with Gasteiger partial charge in [0.2, 0.25) is 15.9 Å². The van der Waals surface area contributed by atoms with Crippen LogP contribution >= 0.6 is 0 Å². The molecule has 1 aliphatic rings. The molecule has 0 saturated carbocycles. The molecule has 2 bridgehead atoms. The Morgan fingerprint density at radius 2 is 1.95 bits per heavy atom. The molecule has 8 nitrogen and oxygen atoms in total. The van der Waals surface area contributed by atoms with Crippen LogP contribution < -0.4 is 15.4 Å². The predicted molar refractivity (Wildman–Crippen MR) is 151 cm³/mol. The van der Waals surface area contributed by atoms with Crippen LogP contribution in [0.1, 0.15) is 55.7 Å². The van der Waals surface area contributed by atoms with Crippen LogP contribution in [0.5, 0.6) is 5.75 Å². The molecule has 2 aromatic carbocycles. The fraction of sp³-hybridized carbons (Fsp3) is 0.552. The number of nitrogens with one attached hydrogen (secondary N) is 2. The second-order valence-electron chi connectivity index (χ2n) is 10.4. The third-order valence-electron chi connectivity index (χ3n) is 6.88. The van der Waals surface area contributed by atoms with E-state index in [9.17, 15) is 35.9 Å². The average molecular weight is 618 g/mol. The van der Waals surface area contributed by atoms with Gasteiger partial charge in [-0.3, -0.25) is 4.79 Å². The first-order valence-corrected chi connectivity index (χ1v) is 15.7. The standard InChI is InChI=1S/C29H39F4N3O5S/c1-2-10-36-11-3-4-12-41-25-16-22(15-24(30)18-25)17-26(35-28(38)9-6-13-42(36,39)40)27(37)20-34-19-21-7-5-8-23(14-21)29(31,32)33/h5,7-8,14-16,18,26-27,34,37H,2-4,6,9-13,17,19-20H2,1H3,(H,35,38)/t26-,27+/m0/s1. The molecule has 13 heteroatoms. The summed E-state index contributed by atoms with van der Waals surface area (Å²) in [6.07, 6.45) is -3.90. The molecule has 0 saturated heterocycles. The highest BCUT2D eigenvalue weighted by atomic mass is 32.2. The molecule has 1 heterocycles. The maximum atomic E-state index is 14.4. The Kier molecular flexibility index (Phi) is 12.6. The molecule has 0 aromatic heterocycles. The lowest BCUT2D eigenvalue weighted by Crippen LogP contribution is -2.48. The second kappa shape index (κ2) is 15.6. The van der Waals surface area contributed by atoms with Crippen LogP contribution in [0.2, 0.25) is 0 Å². The van der Waals surface area contributed by atoms with Crippen molar-refractivity contribution in [2.45, 2.75) is 70.3 Å². The third-order valence-corrected chi connectivity index (χ3v) is 8.83. The van der Waals surface area contributed by atoms with Crippen molar-refractivity contribution in [3.05, 3.63) is 65.0 Å². The number of fused-ring (bicyclic) bond motifs is 2. The zero-order valence-electron chi connectivity index (χ0n) is 23.6. The molecule has 1 aliphatic heterocycles. The molecule has 0 fully saturated rings. The first-order chi connectivity index (χ1) is 19.9. The van der Waals surface area contributed by atoms with Crippen molar-refractivity contribution in [1.82, 2.24) is 14.9 Å². The Morgan fingerprint density at radius 1 is 1.17 bits per heavy atom. The predicted octanol–water partition coefficient (Wildman–Crippen LogP) is 4.02. The highest BCUT2D eigenvalue weighted by Crippen LogP contribution is 2.29. The molecule has 234 valence electrons. The first-order valence-electron chi connectivity index (χ1n) is 14.1. The van der Waals surface area contributed by atoms with E-state index >= 15 is 0 Å². The third kappa shape index (κ3) is 10.8. The van der Waals surface area contributed by atoms with Crippen LogP contribution in [0.15, 0.2) is 42.5 Å². The van der Waals surface area contributed by atoms with Crippen molar-refractivity contribution in [3.8, 4) is 5.75 Å². The minimum Gasteiger partial charge on any atom is -0.493 e. The fourth-order valence-electron chi connectivity index (χ4n) is 4.77. The monoisotopic (exact) mass is 617 g/mol. The summed E-state index contributed by atoms with van der Waals surface area (Å²) in [6.45, 7) is 2.78. The van der Waals surface area contributed by atoms with E-state index in [2.05, 4.69) is 10.6 Å². The van der Waals surface area contributed by atoms with Crippen molar-refractivity contribution < 1.29 is 40.6 Å². The van der Waals surface area contributed by atoms with Gasteiger partial charge in [0.15, 0.2) is 0 Å². The van der Waals surface area contributed by atoms with Gasteiger partial charge in [0.25, 0.3) is 0 Å². The highest BCUT2D eigenvalue weighted by Gasteiger charge is 2.30. The van der Waals surface area contributed by atoms with E-state index in [1.165, 1.54) is 28.6 Å². The smallest absolute Gasteiger partial charge is 0.416 e. The van der Waals surface area contributed by atoms with E-state index in [0.29, 0.717) is 43.5 Å². The SMILES string of the molecule is CCCN1CCCCOc2cc(F)cc(c2)C[C@@H]([C@H](O)CNCc2cccc(C(F)(F)F)c2)NC(=O)CCCS1(=O)=O. The first kappa shape index (κ1) is 33.8. The summed E-state index contributed by atoms with van der Waals surface area (Å²) >= 11 is 0. The molecule has 2 atom stereocenters. The minimum absolute atomic E-state index is 0.0335. The van der Waals surface area contributed by atoms with E-state index in [-0.39, 0.29) is 50.5 Å². The number of carbonyl (C=O) groups is 1. The Labute approximate surface area is 244 Å². The lowest BCUT2D eigenvalue weighted by atomic mass is 10.00. The molecule has 3 rings (SSSR count). The Bertz CT molecular complexity index is 1280. The number of benzene rings is 2. The number of carbonyl (C=O) groups excluding carboxylic acids is 1. The van der Waals surface area contributed by atoms with Gasteiger partial charge in [-0.1, -0.05) is 25.1 Å². The fourth-order valence-corrected chi connectivity index (χ4v) is 6.40. The molecule has 1 amide bonds. The minimum atomic E-state index is -4.48. The summed E-state index contributed by atoms with van der Waals surface area (Å²) in [6, 6.07) is 8.03. The summed E-state index contributed by atoms with van der Waals surface area (Å²) < 4.78 is 86.5. The average Bonchev–Trinajstić information content (AvgIpc) is 2.90. The van der Waals surface area contributed by atoms with Gasteiger partial charge in [-0.05, 0) is 61.4 Å². The number of amides is 1. The summed E-state index contributed by atoms with van der Waals surface area (Å²) in [5, 5.41) is 16.6. The highest BCUT2D eigenvalue weighted by molar-refractivity contribution is 7.89. The van der Waals surface area contributed by atoms with Crippen LogP contribution in [-0.4, -0.2) is 67.9 Å². The largest absolute Gasteiger partial charge is 0.493 e. The van der Waals surface area contributed by atoms with Crippen molar-refractivity contribution in [3.63, 3.8) is 0 Å². The van der Waals surface area contributed by atoms with Gasteiger partial charge >= 0.3 is 6.18 Å². The maximum absolute atomic E-state index is 14.4. The number of aliphatic hydroxyl groups excluding tert-OH is 1. The van der Waals surface area contributed by atoms with Gasteiger partial charge in [-0.2, -0.15) is 13.2 Å². The van der Waals surface area contributed by atoms with E-state index in [0.717, 1.165) is 12.1 Å². The molecule has 0 aliphatic carbocycles. The van der Waals surface area contributed by atoms with E-state index in [4.69, 9.17) is 4.74 Å². The number of aliphatic hydroxyl groups is 1. The van der Waals surface area contributed by atoms with Crippen LogP contribution in [0.25, 0.3) is 0 Å². The summed E-state index contributed by atoms with van der Waals surface area (Å²) in [5.41, 5.74) is 0.0419. The lowest BCUT2D eigenvalue weighted by Gasteiger charge is -2.25. The molecule has 0 unspecified atom stereocenters. The topological polar surface area (TPSA) is 108 Å². The molecule has 42 heavy (non-hydrogen) atoms. The number of hydrogen-bond acceptors (Lipinski definition) is 6. The number of rotatable bonds is 7. The van der Waals surface area contributed by atoms with Crippen LogP contribution in [-0.2, 0) is 34.0 Å². The molecular formula is C29H39F4N3O5S. The molecule has 0 radical (unpaired) electrons. The quantitative estimate of drug-likeness (QED) is 0.406. The van der Waals surface area contributed by atoms with Crippen LogP contribution in [0, 0.1) is 5.82 Å². The van der Waals surface area contributed by atoms with Gasteiger partial charge in [0.1, 0.15) is 11.6 Å². The maximum Gasteiger partial charge on any atom is 0.416 e. The zero-order chi connectivity index (χ0) is 30.8. The zero-order valence-corrected chi connectivity index (χ0v) is 24.4. The molecule has 0 spiro atoms. The summed E-state index contributed by atoms with van der Waals surface area (Å²) in [4.78, 5) is 12.8. The molecule has 3 N–H and O–H groups in total. The van der Waals surface area contributed by atoms with E-state index in [1.807, 2.05) is 6.92 Å². The lowest BCUT2D eigenvalue weighted by molar-refractivity contribution is -0.137. The number of hydrogen-bond donors (Lipinski definition) is 3. The summed E-state index contributed by atoms with van der Waals surface area (Å²) in [5.74, 6) is -0.960. The van der Waals surface area contributed by atoms with Crippen LogP contribution in [0.3, 0.4) is 0 Å². The molecular weight excluding hydrogens is 578 g/mol. The van der Waals surface area contributed by atoms with Gasteiger partial charge in [-0.15, -0.1) is 0 Å². The number of nitrogens with zero attached hydrogens (tertiary/aromatic N) is 1. The molecule has 2 aromatic rings. The number of alkyl halides is 3. The Hall–Kier alpha value is -2.74. The van der Waals surface area contributed by atoms with Crippen molar-refractivity contribution in [2.24, 2.45) is 0 Å². The van der Waals surface area contributed by atoms with Gasteiger partial charge in [-0.25, -0.2) is 17.1 Å². The Morgan fingerprint density at radius 3 is 2.69 bits per heavy atom. The van der Waals surface area contributed by atoms with E-state index < -0.39 is 45.6 Å². The second-order valence-corrected chi connectivity index (χ2v) is 12.5. The van der Waals surface area contributed by atoms with Gasteiger partial charge in [0, 0.05) is 38.7 Å². The van der Waals surface area contributed by atoms with E-state index in [1.54, 1.807) is 6.07 Å². The Balaban J connectivity index is 1.74. The number of halogens is 4. The summed E-state index contributed by atoms with van der Waals surface area (Å²) in [7, 11) is -3.58. The van der Waals surface area contributed by atoms with Crippen molar-refractivity contribution >= 4 is 15.9 Å². The van der Waals surface area contributed by atoms with Gasteiger partial charge in [0.05, 0.1) is 30.1 Å². The van der Waals surface area contributed by atoms with Gasteiger partial charge < -0.3 is 20.5 Å². The normalized spacial score (nSPS) is 20.2. The van der Waals surface area contributed by atoms with Crippen molar-refractivity contribution in [2.75, 3.05) is 32.0 Å². The number of ether oxygens (including phenoxy) is 1. The van der Waals surface area contributed by atoms with Crippen LogP contribution in [0.4, 0.5) is 17.6 Å². The number of sulfonamides is 1. The van der Waals surface area contributed by atoms with Crippen molar-refractivity contribution in [1.29, 1.82) is 0 Å².